The van der Waals surface area contributed by atoms with Crippen LogP contribution in [0.4, 0.5) is 5.95 Å². The maximum absolute atomic E-state index is 5.30. The second-order valence-electron chi connectivity index (χ2n) is 4.85. The van der Waals surface area contributed by atoms with E-state index in [-0.39, 0.29) is 0 Å². The van der Waals surface area contributed by atoms with Crippen molar-refractivity contribution >= 4 is 22.7 Å². The predicted octanol–water partition coefficient (Wildman–Crippen LogP) is 2.81. The summed E-state index contributed by atoms with van der Waals surface area (Å²) in [6, 6.07) is 11.6. The van der Waals surface area contributed by atoms with E-state index < -0.39 is 0 Å². The average Bonchev–Trinajstić information content (AvgIpc) is 2.89. The third-order valence-electron chi connectivity index (χ3n) is 3.44. The lowest BCUT2D eigenvalue weighted by molar-refractivity contribution is 0.412. The van der Waals surface area contributed by atoms with E-state index in [0.717, 1.165) is 16.7 Å². The lowest BCUT2D eigenvalue weighted by Gasteiger charge is -2.07. The number of nitrogens with zero attached hydrogens (tertiary/aromatic N) is 4. The molecule has 0 spiro atoms. The molecule has 2 heterocycles. The van der Waals surface area contributed by atoms with E-state index in [1.54, 1.807) is 13.3 Å². The zero-order chi connectivity index (χ0) is 15.5. The Balaban J connectivity index is 1.90. The largest absolute Gasteiger partial charge is 0.494 e. The number of fused-ring (bicyclic) bond motifs is 1. The minimum absolute atomic E-state index is 0.676. The van der Waals surface area contributed by atoms with Gasteiger partial charge in [-0.05, 0) is 31.2 Å². The summed E-state index contributed by atoms with van der Waals surface area (Å²) in [4.78, 5) is 8.82. The molecule has 0 fully saturated rings. The van der Waals surface area contributed by atoms with E-state index in [1.807, 2.05) is 54.9 Å². The average molecular weight is 295 g/mol. The van der Waals surface area contributed by atoms with Crippen LogP contribution in [-0.4, -0.2) is 27.4 Å². The Morgan fingerprint density at radius 3 is 2.82 bits per heavy atom. The Hall–Kier alpha value is -2.89. The first kappa shape index (κ1) is 14.1. The van der Waals surface area contributed by atoms with Crippen molar-refractivity contribution in [3.05, 3.63) is 48.3 Å². The fourth-order valence-corrected chi connectivity index (χ4v) is 2.26. The number of hydrazone groups is 1. The number of benzene rings is 1. The molecule has 0 amide bonds. The molecular weight excluding hydrogens is 278 g/mol. The maximum atomic E-state index is 5.30. The molecule has 6 nitrogen and oxygen atoms in total. The fourth-order valence-electron chi connectivity index (χ4n) is 2.26. The molecule has 112 valence electrons. The molecule has 0 aliphatic carbocycles. The van der Waals surface area contributed by atoms with Crippen LogP contribution < -0.4 is 10.2 Å². The van der Waals surface area contributed by atoms with E-state index in [4.69, 9.17) is 4.74 Å². The van der Waals surface area contributed by atoms with Crippen LogP contribution in [0, 0.1) is 0 Å². The normalized spacial score (nSPS) is 11.7. The molecule has 2 aromatic heterocycles. The molecule has 1 aromatic carbocycles. The minimum Gasteiger partial charge on any atom is -0.494 e. The second-order valence-corrected chi connectivity index (χ2v) is 4.85. The Morgan fingerprint density at radius 1 is 1.23 bits per heavy atom. The van der Waals surface area contributed by atoms with Gasteiger partial charge in [-0.2, -0.15) is 5.10 Å². The van der Waals surface area contributed by atoms with E-state index in [9.17, 15) is 0 Å². The van der Waals surface area contributed by atoms with Crippen molar-refractivity contribution in [3.63, 3.8) is 0 Å². The lowest BCUT2D eigenvalue weighted by atomic mass is 10.2. The number of hydrogen-bond acceptors (Lipinski definition) is 5. The van der Waals surface area contributed by atoms with Gasteiger partial charge in [0, 0.05) is 13.2 Å². The summed E-state index contributed by atoms with van der Waals surface area (Å²) in [6.45, 7) is 1.88. The Morgan fingerprint density at radius 2 is 2.05 bits per heavy atom. The molecule has 3 rings (SSSR count). The van der Waals surface area contributed by atoms with Crippen molar-refractivity contribution in [1.82, 2.24) is 14.5 Å². The first-order chi connectivity index (χ1) is 10.7. The zero-order valence-corrected chi connectivity index (χ0v) is 12.7. The molecule has 0 aliphatic rings. The van der Waals surface area contributed by atoms with Crippen molar-refractivity contribution in [2.75, 3.05) is 12.5 Å². The number of rotatable bonds is 4. The summed E-state index contributed by atoms with van der Waals surface area (Å²) >= 11 is 0. The van der Waals surface area contributed by atoms with Crippen LogP contribution in [0.25, 0.3) is 11.0 Å². The number of pyridine rings is 1. The Bertz CT molecular complexity index is 837. The van der Waals surface area contributed by atoms with E-state index in [1.165, 1.54) is 0 Å². The van der Waals surface area contributed by atoms with Gasteiger partial charge in [-0.25, -0.2) is 10.4 Å². The van der Waals surface area contributed by atoms with Gasteiger partial charge in [0.05, 0.1) is 23.9 Å². The topological polar surface area (TPSA) is 64.3 Å². The molecule has 22 heavy (non-hydrogen) atoms. The quantitative estimate of drug-likeness (QED) is 0.594. The van der Waals surface area contributed by atoms with E-state index in [0.29, 0.717) is 17.4 Å². The third kappa shape index (κ3) is 2.50. The van der Waals surface area contributed by atoms with Crippen LogP contribution in [0.3, 0.4) is 0 Å². The van der Waals surface area contributed by atoms with Gasteiger partial charge in [-0.1, -0.05) is 12.1 Å². The molecule has 0 radical (unpaired) electrons. The van der Waals surface area contributed by atoms with Crippen molar-refractivity contribution in [2.45, 2.75) is 6.92 Å². The van der Waals surface area contributed by atoms with Crippen LogP contribution in [0.2, 0.25) is 0 Å². The van der Waals surface area contributed by atoms with E-state index in [2.05, 4.69) is 20.5 Å². The molecule has 0 unspecified atom stereocenters. The standard InChI is InChI=1S/C16H17N5O/c1-11(15-14(22-3)9-6-10-17-15)19-20-16-18-12-7-4-5-8-13(12)21(16)2/h4-10H,1-3H3,(H,18,20). The molecule has 6 heteroatoms. The summed E-state index contributed by atoms with van der Waals surface area (Å²) in [6.07, 6.45) is 1.71. The third-order valence-corrected chi connectivity index (χ3v) is 3.44. The van der Waals surface area contributed by atoms with Crippen molar-refractivity contribution in [1.29, 1.82) is 0 Å². The van der Waals surface area contributed by atoms with Crippen LogP contribution >= 0.6 is 0 Å². The van der Waals surface area contributed by atoms with Crippen molar-refractivity contribution in [2.24, 2.45) is 12.1 Å². The van der Waals surface area contributed by atoms with E-state index >= 15 is 0 Å². The van der Waals surface area contributed by atoms with Gasteiger partial charge in [0.25, 0.3) is 0 Å². The number of ether oxygens (including phenoxy) is 1. The number of nitrogens with one attached hydrogen (secondary N) is 1. The molecule has 0 bridgehead atoms. The van der Waals surface area contributed by atoms with Gasteiger partial charge in [0.2, 0.25) is 5.95 Å². The first-order valence-electron chi connectivity index (χ1n) is 6.92. The van der Waals surface area contributed by atoms with Gasteiger partial charge >= 0.3 is 0 Å². The highest BCUT2D eigenvalue weighted by Crippen LogP contribution is 2.18. The van der Waals surface area contributed by atoms with Crippen molar-refractivity contribution in [3.8, 4) is 5.75 Å². The summed E-state index contributed by atoms with van der Waals surface area (Å²) in [5, 5.41) is 4.37. The van der Waals surface area contributed by atoms with Gasteiger partial charge < -0.3 is 9.30 Å². The molecular formula is C16H17N5O. The SMILES string of the molecule is COc1cccnc1C(C)=NNc1nc2ccccc2n1C. The highest BCUT2D eigenvalue weighted by atomic mass is 16.5. The Kier molecular flexibility index (Phi) is 3.74. The smallest absolute Gasteiger partial charge is 0.224 e. The molecule has 0 atom stereocenters. The maximum Gasteiger partial charge on any atom is 0.224 e. The predicted molar refractivity (Wildman–Crippen MR) is 87.3 cm³/mol. The summed E-state index contributed by atoms with van der Waals surface area (Å²) in [5.74, 6) is 1.37. The van der Waals surface area contributed by atoms with Gasteiger partial charge in [-0.3, -0.25) is 4.98 Å². The minimum atomic E-state index is 0.676. The molecule has 0 saturated heterocycles. The molecule has 0 saturated carbocycles. The van der Waals surface area contributed by atoms with Crippen molar-refractivity contribution < 1.29 is 4.74 Å². The number of para-hydroxylation sites is 2. The van der Waals surface area contributed by atoms with Crippen LogP contribution in [0.5, 0.6) is 5.75 Å². The molecule has 0 aliphatic heterocycles. The van der Waals surface area contributed by atoms with Crippen LogP contribution in [-0.2, 0) is 7.05 Å². The first-order valence-corrected chi connectivity index (χ1v) is 6.92. The lowest BCUT2D eigenvalue weighted by Crippen LogP contribution is -2.06. The van der Waals surface area contributed by atoms with Crippen LogP contribution in [0.1, 0.15) is 12.6 Å². The molecule has 1 N–H and O–H groups in total. The number of anilines is 1. The highest BCUT2D eigenvalue weighted by Gasteiger charge is 2.09. The molecule has 3 aromatic rings. The number of aromatic nitrogens is 3. The monoisotopic (exact) mass is 295 g/mol. The highest BCUT2D eigenvalue weighted by molar-refractivity contribution is 5.99. The van der Waals surface area contributed by atoms with Gasteiger partial charge in [0.15, 0.2) is 0 Å². The summed E-state index contributed by atoms with van der Waals surface area (Å²) in [5.41, 5.74) is 6.40. The number of aryl methyl sites for hydroxylation is 1. The summed E-state index contributed by atoms with van der Waals surface area (Å²) < 4.78 is 7.26. The second kappa shape index (κ2) is 5.85. The number of methoxy groups -OCH3 is 1. The zero-order valence-electron chi connectivity index (χ0n) is 12.7. The van der Waals surface area contributed by atoms with Crippen LogP contribution in [0.15, 0.2) is 47.7 Å². The summed E-state index contributed by atoms with van der Waals surface area (Å²) in [7, 11) is 3.57. The number of hydrogen-bond donors (Lipinski definition) is 1. The van der Waals surface area contributed by atoms with Gasteiger partial charge in [-0.15, -0.1) is 0 Å². The number of imidazole rings is 1. The van der Waals surface area contributed by atoms with Gasteiger partial charge in [0.1, 0.15) is 11.4 Å². The Labute approximate surface area is 128 Å². The fraction of sp³-hybridized carbons (Fsp3) is 0.188.